The minimum absolute atomic E-state index is 0.357. The van der Waals surface area contributed by atoms with Gasteiger partial charge in [0.15, 0.2) is 0 Å². The number of carbonyl (C=O) groups excluding carboxylic acids is 1. The fourth-order valence-electron chi connectivity index (χ4n) is 6.46. The SMILES string of the molecule is CCCCCCCCCCC/C=C\CCCCCCCCC(O)C(=O)NC(CO)C(O)C(O)CCC/C=C/CCCCCCCCCCC. The molecule has 4 unspecified atom stereocenters. The largest absolute Gasteiger partial charge is 0.394 e. The highest BCUT2D eigenvalue weighted by molar-refractivity contribution is 5.80. The van der Waals surface area contributed by atoms with E-state index < -0.39 is 36.9 Å². The maximum absolute atomic E-state index is 12.5. The van der Waals surface area contributed by atoms with Gasteiger partial charge in [0.05, 0.1) is 18.8 Å². The summed E-state index contributed by atoms with van der Waals surface area (Å²) in [4.78, 5) is 12.5. The van der Waals surface area contributed by atoms with Crippen LogP contribution in [-0.2, 0) is 4.79 Å². The standard InChI is InChI=1S/C43H83NO5/c1-3-5-7-9-11-13-15-17-19-20-21-22-23-25-27-29-31-33-35-37-41(47)43(49)44-39(38-45)42(48)40(46)36-34-32-30-28-26-24-18-16-14-12-10-8-6-4-2/h21-22,28,30,39-42,45-48H,3-20,23-27,29,31-38H2,1-2H3,(H,44,49)/b22-21-,30-28+. The molecule has 0 aromatic rings. The molecule has 0 radical (unpaired) electrons. The van der Waals surface area contributed by atoms with E-state index in [0.717, 1.165) is 44.9 Å². The molecule has 6 heteroatoms. The highest BCUT2D eigenvalue weighted by Crippen LogP contribution is 2.15. The first-order chi connectivity index (χ1) is 24.0. The summed E-state index contributed by atoms with van der Waals surface area (Å²) in [7, 11) is 0. The van der Waals surface area contributed by atoms with Crippen molar-refractivity contribution in [1.29, 1.82) is 0 Å². The van der Waals surface area contributed by atoms with Crippen LogP contribution in [0, 0.1) is 0 Å². The second-order valence-electron chi connectivity index (χ2n) is 14.7. The van der Waals surface area contributed by atoms with Crippen molar-refractivity contribution in [2.45, 2.75) is 237 Å². The van der Waals surface area contributed by atoms with E-state index in [2.05, 4.69) is 43.5 Å². The minimum Gasteiger partial charge on any atom is -0.394 e. The quantitative estimate of drug-likeness (QED) is 0.0327. The maximum Gasteiger partial charge on any atom is 0.249 e. The van der Waals surface area contributed by atoms with Gasteiger partial charge in [0.25, 0.3) is 0 Å². The van der Waals surface area contributed by atoms with E-state index in [-0.39, 0.29) is 0 Å². The minimum atomic E-state index is -1.28. The Bertz CT molecular complexity index is 742. The highest BCUT2D eigenvalue weighted by Gasteiger charge is 2.28. The summed E-state index contributed by atoms with van der Waals surface area (Å²) < 4.78 is 0. The average molecular weight is 694 g/mol. The van der Waals surface area contributed by atoms with Gasteiger partial charge in [-0.15, -0.1) is 0 Å². The van der Waals surface area contributed by atoms with Crippen molar-refractivity contribution in [2.75, 3.05) is 6.61 Å². The Morgan fingerprint density at radius 2 is 0.837 bits per heavy atom. The Morgan fingerprint density at radius 1 is 0.490 bits per heavy atom. The van der Waals surface area contributed by atoms with Crippen LogP contribution in [0.25, 0.3) is 0 Å². The molecule has 5 N–H and O–H groups in total. The van der Waals surface area contributed by atoms with Gasteiger partial charge in [-0.1, -0.05) is 173 Å². The number of carbonyl (C=O) groups is 1. The molecule has 0 aromatic heterocycles. The first kappa shape index (κ1) is 47.8. The smallest absolute Gasteiger partial charge is 0.249 e. The third-order valence-corrected chi connectivity index (χ3v) is 9.88. The summed E-state index contributed by atoms with van der Waals surface area (Å²) in [6.07, 6.45) is 42.0. The lowest BCUT2D eigenvalue weighted by atomic mass is 10.00. The van der Waals surface area contributed by atoms with Crippen LogP contribution in [0.2, 0.25) is 0 Å². The summed E-state index contributed by atoms with van der Waals surface area (Å²) in [5, 5.41) is 43.6. The molecule has 0 aromatic carbocycles. The van der Waals surface area contributed by atoms with Gasteiger partial charge in [-0.2, -0.15) is 0 Å². The van der Waals surface area contributed by atoms with Crippen molar-refractivity contribution in [3.63, 3.8) is 0 Å². The molecule has 49 heavy (non-hydrogen) atoms. The van der Waals surface area contributed by atoms with E-state index in [0.29, 0.717) is 12.8 Å². The van der Waals surface area contributed by atoms with Crippen LogP contribution < -0.4 is 5.32 Å². The van der Waals surface area contributed by atoms with Crippen molar-refractivity contribution in [3.8, 4) is 0 Å². The zero-order valence-electron chi connectivity index (χ0n) is 32.4. The lowest BCUT2D eigenvalue weighted by molar-refractivity contribution is -0.132. The Kier molecular flexibility index (Phi) is 37.1. The van der Waals surface area contributed by atoms with Crippen LogP contribution in [0.5, 0.6) is 0 Å². The van der Waals surface area contributed by atoms with Crippen molar-refractivity contribution in [2.24, 2.45) is 0 Å². The second-order valence-corrected chi connectivity index (χ2v) is 14.7. The molecule has 0 bridgehead atoms. The molecular formula is C43H83NO5. The average Bonchev–Trinajstić information content (AvgIpc) is 3.11. The lowest BCUT2D eigenvalue weighted by Crippen LogP contribution is -2.53. The summed E-state index contributed by atoms with van der Waals surface area (Å²) in [6, 6.07) is -1.00. The predicted octanol–water partition coefficient (Wildman–Crippen LogP) is 10.8. The first-order valence-electron chi connectivity index (χ1n) is 21.2. The number of aliphatic hydroxyl groups excluding tert-OH is 4. The number of hydrogen-bond donors (Lipinski definition) is 5. The monoisotopic (exact) mass is 694 g/mol. The predicted molar refractivity (Wildman–Crippen MR) is 210 cm³/mol. The van der Waals surface area contributed by atoms with Crippen LogP contribution in [0.1, 0.15) is 213 Å². The van der Waals surface area contributed by atoms with E-state index in [9.17, 15) is 25.2 Å². The number of hydrogen-bond acceptors (Lipinski definition) is 5. The molecule has 0 aliphatic rings. The molecule has 0 aliphatic heterocycles. The van der Waals surface area contributed by atoms with Gasteiger partial charge in [-0.25, -0.2) is 0 Å². The molecule has 6 nitrogen and oxygen atoms in total. The van der Waals surface area contributed by atoms with Crippen molar-refractivity contribution >= 4 is 5.91 Å². The Hall–Kier alpha value is -1.21. The van der Waals surface area contributed by atoms with E-state index in [1.54, 1.807) is 0 Å². The summed E-state index contributed by atoms with van der Waals surface area (Å²) in [5.41, 5.74) is 0. The number of unbranched alkanes of at least 4 members (excludes halogenated alkanes) is 25. The molecule has 290 valence electrons. The van der Waals surface area contributed by atoms with Gasteiger partial charge in [0.2, 0.25) is 5.91 Å². The molecule has 0 heterocycles. The van der Waals surface area contributed by atoms with Crippen molar-refractivity contribution < 1.29 is 25.2 Å². The molecule has 0 rings (SSSR count). The van der Waals surface area contributed by atoms with Gasteiger partial charge in [-0.05, 0) is 64.2 Å². The fourth-order valence-corrected chi connectivity index (χ4v) is 6.46. The zero-order chi connectivity index (χ0) is 36.0. The zero-order valence-corrected chi connectivity index (χ0v) is 32.4. The number of rotatable bonds is 38. The summed E-state index contributed by atoms with van der Waals surface area (Å²) >= 11 is 0. The topological polar surface area (TPSA) is 110 Å². The number of aliphatic hydroxyl groups is 4. The van der Waals surface area contributed by atoms with Crippen LogP contribution in [0.3, 0.4) is 0 Å². The Balaban J connectivity index is 3.79. The first-order valence-corrected chi connectivity index (χ1v) is 21.2. The number of allylic oxidation sites excluding steroid dienone is 4. The molecule has 0 saturated heterocycles. The van der Waals surface area contributed by atoms with Crippen LogP contribution in [0.4, 0.5) is 0 Å². The third-order valence-electron chi connectivity index (χ3n) is 9.88. The van der Waals surface area contributed by atoms with Gasteiger partial charge in [0.1, 0.15) is 12.2 Å². The van der Waals surface area contributed by atoms with Crippen molar-refractivity contribution in [1.82, 2.24) is 5.32 Å². The van der Waals surface area contributed by atoms with Crippen LogP contribution in [0.15, 0.2) is 24.3 Å². The fraction of sp³-hybridized carbons (Fsp3) is 0.884. The number of nitrogens with one attached hydrogen (secondary N) is 1. The summed E-state index contributed by atoms with van der Waals surface area (Å²) in [6.45, 7) is 4.03. The maximum atomic E-state index is 12.5. The third kappa shape index (κ3) is 32.4. The van der Waals surface area contributed by atoms with Crippen molar-refractivity contribution in [3.05, 3.63) is 24.3 Å². The highest BCUT2D eigenvalue weighted by atomic mass is 16.3. The molecule has 0 fully saturated rings. The lowest BCUT2D eigenvalue weighted by Gasteiger charge is -2.27. The molecule has 0 saturated carbocycles. The molecule has 4 atom stereocenters. The van der Waals surface area contributed by atoms with Gasteiger partial charge in [-0.3, -0.25) is 4.79 Å². The molecule has 0 aliphatic carbocycles. The Morgan fingerprint density at radius 3 is 1.22 bits per heavy atom. The van der Waals surface area contributed by atoms with Gasteiger partial charge >= 0.3 is 0 Å². The van der Waals surface area contributed by atoms with Crippen LogP contribution >= 0.6 is 0 Å². The van der Waals surface area contributed by atoms with Crippen LogP contribution in [-0.4, -0.2) is 57.3 Å². The van der Waals surface area contributed by atoms with E-state index in [1.807, 2.05) is 0 Å². The van der Waals surface area contributed by atoms with Gasteiger partial charge in [0, 0.05) is 0 Å². The van der Waals surface area contributed by atoms with Gasteiger partial charge < -0.3 is 25.7 Å². The summed E-state index contributed by atoms with van der Waals surface area (Å²) in [5.74, 6) is -0.598. The second kappa shape index (κ2) is 38.0. The number of amides is 1. The normalized spacial score (nSPS) is 14.5. The molecule has 0 spiro atoms. The van der Waals surface area contributed by atoms with E-state index in [1.165, 1.54) is 141 Å². The molecular weight excluding hydrogens is 610 g/mol. The van der Waals surface area contributed by atoms with E-state index in [4.69, 9.17) is 0 Å². The Labute approximate surface area is 304 Å². The molecule has 1 amide bonds. The van der Waals surface area contributed by atoms with E-state index >= 15 is 0 Å².